The van der Waals surface area contributed by atoms with Crippen LogP contribution in [0.1, 0.15) is 23.1 Å². The van der Waals surface area contributed by atoms with Crippen molar-refractivity contribution in [1.29, 1.82) is 0 Å². The van der Waals surface area contributed by atoms with Crippen molar-refractivity contribution in [2.45, 2.75) is 20.3 Å². The normalized spacial score (nSPS) is 9.07. The average molecular weight is 190 g/mol. The molecule has 0 saturated heterocycles. The third-order valence-corrected chi connectivity index (χ3v) is 1.90. The van der Waals surface area contributed by atoms with Crippen molar-refractivity contribution in [1.82, 2.24) is 0 Å². The van der Waals surface area contributed by atoms with Crippen LogP contribution in [0.15, 0.2) is 12.1 Å². The summed E-state index contributed by atoms with van der Waals surface area (Å²) in [6.45, 7) is 3.61. The molecule has 0 bridgehead atoms. The number of hydrogen-bond acceptors (Lipinski definition) is 1. The van der Waals surface area contributed by atoms with E-state index < -0.39 is 0 Å². The predicted molar refractivity (Wildman–Crippen MR) is 53.4 cm³/mol. The Bertz CT molecular complexity index is 387. The molecule has 14 heavy (non-hydrogen) atoms. The Kier molecular flexibility index (Phi) is 3.41. The Balaban J connectivity index is 3.10. The summed E-state index contributed by atoms with van der Waals surface area (Å²) in [7, 11) is 0. The van der Waals surface area contributed by atoms with Gasteiger partial charge in [-0.2, -0.15) is 0 Å². The smallest absolute Gasteiger partial charge is 0.131 e. The number of halogens is 1. The Hall–Kier alpha value is -1.62. The summed E-state index contributed by atoms with van der Waals surface area (Å²) < 4.78 is 12.9. The van der Waals surface area contributed by atoms with Gasteiger partial charge < -0.3 is 4.79 Å². The first-order valence-corrected chi connectivity index (χ1v) is 4.34. The van der Waals surface area contributed by atoms with Crippen LogP contribution >= 0.6 is 0 Å². The monoisotopic (exact) mass is 190 g/mol. The Morgan fingerprint density at radius 2 is 1.93 bits per heavy atom. The second-order valence-corrected chi connectivity index (χ2v) is 3.09. The van der Waals surface area contributed by atoms with E-state index in [9.17, 15) is 9.18 Å². The van der Waals surface area contributed by atoms with Gasteiger partial charge in [0.2, 0.25) is 0 Å². The van der Waals surface area contributed by atoms with Gasteiger partial charge >= 0.3 is 0 Å². The quantitative estimate of drug-likeness (QED) is 0.491. The van der Waals surface area contributed by atoms with Crippen LogP contribution in [0, 0.1) is 31.5 Å². The summed E-state index contributed by atoms with van der Waals surface area (Å²) in [6, 6.07) is 2.88. The zero-order valence-electron chi connectivity index (χ0n) is 8.23. The first-order chi connectivity index (χ1) is 6.65. The van der Waals surface area contributed by atoms with Gasteiger partial charge in [-0.25, -0.2) is 4.39 Å². The summed E-state index contributed by atoms with van der Waals surface area (Å²) in [5.74, 6) is 5.32. The molecule has 0 fully saturated rings. The van der Waals surface area contributed by atoms with E-state index in [2.05, 4.69) is 11.8 Å². The summed E-state index contributed by atoms with van der Waals surface area (Å²) in [4.78, 5) is 10.1. The van der Waals surface area contributed by atoms with E-state index in [0.717, 1.165) is 23.0 Å². The summed E-state index contributed by atoms with van der Waals surface area (Å²) in [6.07, 6.45) is 0.970. The maximum Gasteiger partial charge on any atom is 0.131 e. The van der Waals surface area contributed by atoms with Crippen molar-refractivity contribution in [3.05, 3.63) is 34.6 Å². The fourth-order valence-electron chi connectivity index (χ4n) is 1.29. The van der Waals surface area contributed by atoms with Crippen LogP contribution in [-0.2, 0) is 4.79 Å². The Morgan fingerprint density at radius 3 is 2.43 bits per heavy atom. The molecule has 1 aromatic rings. The van der Waals surface area contributed by atoms with Gasteiger partial charge in [0.05, 0.1) is 6.42 Å². The molecule has 0 heterocycles. The molecule has 0 saturated carbocycles. The van der Waals surface area contributed by atoms with Crippen molar-refractivity contribution >= 4 is 6.29 Å². The van der Waals surface area contributed by atoms with Crippen LogP contribution < -0.4 is 0 Å². The van der Waals surface area contributed by atoms with Gasteiger partial charge in [0.1, 0.15) is 12.1 Å². The van der Waals surface area contributed by atoms with Crippen LogP contribution in [0.25, 0.3) is 0 Å². The van der Waals surface area contributed by atoms with Crippen molar-refractivity contribution in [3.63, 3.8) is 0 Å². The lowest BCUT2D eigenvalue weighted by Gasteiger charge is -2.02. The van der Waals surface area contributed by atoms with E-state index >= 15 is 0 Å². The Labute approximate surface area is 82.9 Å². The number of benzene rings is 1. The highest BCUT2D eigenvalue weighted by molar-refractivity contribution is 5.56. The van der Waals surface area contributed by atoms with Gasteiger partial charge in [-0.15, -0.1) is 0 Å². The lowest BCUT2D eigenvalue weighted by molar-refractivity contribution is -0.107. The first kappa shape index (κ1) is 10.5. The van der Waals surface area contributed by atoms with Crippen LogP contribution in [-0.4, -0.2) is 6.29 Å². The lowest BCUT2D eigenvalue weighted by Crippen LogP contribution is -1.90. The van der Waals surface area contributed by atoms with Gasteiger partial charge in [-0.3, -0.25) is 0 Å². The summed E-state index contributed by atoms with van der Waals surface area (Å²) >= 11 is 0. The molecule has 0 aliphatic heterocycles. The third kappa shape index (κ3) is 2.43. The Morgan fingerprint density at radius 1 is 1.36 bits per heavy atom. The molecule has 0 spiro atoms. The van der Waals surface area contributed by atoms with E-state index in [0.29, 0.717) is 0 Å². The molecular weight excluding hydrogens is 179 g/mol. The zero-order valence-corrected chi connectivity index (χ0v) is 8.23. The number of hydrogen-bond donors (Lipinski definition) is 0. The van der Waals surface area contributed by atoms with Crippen LogP contribution in [0.4, 0.5) is 4.39 Å². The maximum atomic E-state index is 12.9. The fourth-order valence-corrected chi connectivity index (χ4v) is 1.29. The van der Waals surface area contributed by atoms with Gasteiger partial charge in [0.25, 0.3) is 0 Å². The molecule has 0 atom stereocenters. The minimum absolute atomic E-state index is 0.219. The number of rotatable bonds is 1. The van der Waals surface area contributed by atoms with Crippen molar-refractivity contribution in [2.24, 2.45) is 0 Å². The number of carbonyl (C=O) groups is 1. The van der Waals surface area contributed by atoms with Crippen molar-refractivity contribution in [3.8, 4) is 11.8 Å². The molecule has 0 amide bonds. The molecule has 2 heteroatoms. The SMILES string of the molecule is Cc1cc(F)cc(C)c1C#CCC=O. The van der Waals surface area contributed by atoms with Gasteiger partial charge in [0, 0.05) is 5.56 Å². The number of carbonyl (C=O) groups excluding carboxylic acids is 1. The van der Waals surface area contributed by atoms with Crippen LogP contribution in [0.2, 0.25) is 0 Å². The number of aryl methyl sites for hydroxylation is 2. The molecular formula is C12H11FO. The minimum Gasteiger partial charge on any atom is -0.302 e. The molecule has 0 aromatic heterocycles. The minimum atomic E-state index is -0.249. The molecule has 0 unspecified atom stereocenters. The van der Waals surface area contributed by atoms with Gasteiger partial charge in [-0.05, 0) is 37.1 Å². The first-order valence-electron chi connectivity index (χ1n) is 4.34. The molecule has 0 radical (unpaired) electrons. The standard InChI is InChI=1S/C12H11FO/c1-9-7-11(13)8-10(2)12(9)5-3-4-6-14/h6-8H,4H2,1-2H3. The largest absolute Gasteiger partial charge is 0.302 e. The lowest BCUT2D eigenvalue weighted by atomic mass is 10.0. The van der Waals surface area contributed by atoms with Gasteiger partial charge in [-0.1, -0.05) is 11.8 Å². The van der Waals surface area contributed by atoms with Crippen molar-refractivity contribution < 1.29 is 9.18 Å². The average Bonchev–Trinajstić information content (AvgIpc) is 2.09. The van der Waals surface area contributed by atoms with Crippen molar-refractivity contribution in [2.75, 3.05) is 0 Å². The molecule has 0 aliphatic carbocycles. The highest BCUT2D eigenvalue weighted by atomic mass is 19.1. The third-order valence-electron chi connectivity index (χ3n) is 1.90. The molecule has 1 nitrogen and oxygen atoms in total. The number of aldehydes is 1. The van der Waals surface area contributed by atoms with E-state index in [1.54, 1.807) is 13.8 Å². The van der Waals surface area contributed by atoms with E-state index in [1.165, 1.54) is 12.1 Å². The molecule has 1 aromatic carbocycles. The molecule has 1 rings (SSSR count). The topological polar surface area (TPSA) is 17.1 Å². The fraction of sp³-hybridized carbons (Fsp3) is 0.250. The second-order valence-electron chi connectivity index (χ2n) is 3.09. The van der Waals surface area contributed by atoms with E-state index in [-0.39, 0.29) is 12.2 Å². The molecule has 0 N–H and O–H groups in total. The van der Waals surface area contributed by atoms with E-state index in [1.807, 2.05) is 0 Å². The highest BCUT2D eigenvalue weighted by Gasteiger charge is 2.01. The highest BCUT2D eigenvalue weighted by Crippen LogP contribution is 2.14. The predicted octanol–water partition coefficient (Wildman–Crippen LogP) is 2.38. The second kappa shape index (κ2) is 4.57. The molecule has 0 aliphatic rings. The summed E-state index contributed by atoms with van der Waals surface area (Å²) in [5, 5.41) is 0. The van der Waals surface area contributed by atoms with E-state index in [4.69, 9.17) is 0 Å². The zero-order chi connectivity index (χ0) is 10.6. The van der Waals surface area contributed by atoms with Crippen LogP contribution in [0.5, 0.6) is 0 Å². The summed E-state index contributed by atoms with van der Waals surface area (Å²) in [5.41, 5.74) is 2.43. The molecule has 72 valence electrons. The maximum absolute atomic E-state index is 12.9. The van der Waals surface area contributed by atoms with Crippen LogP contribution in [0.3, 0.4) is 0 Å². The van der Waals surface area contributed by atoms with Gasteiger partial charge in [0.15, 0.2) is 0 Å².